The maximum absolute atomic E-state index is 14.9. The zero-order chi connectivity index (χ0) is 30.2. The summed E-state index contributed by atoms with van der Waals surface area (Å²) in [5.74, 6) is -1.57. The number of esters is 1. The molecule has 1 fully saturated rings. The van der Waals surface area contributed by atoms with Gasteiger partial charge in [0.25, 0.3) is 11.5 Å². The number of carbonyl (C=O) groups excluding carboxylic acids is 3. The fourth-order valence-corrected chi connectivity index (χ4v) is 4.93. The number of benzene rings is 2. The molecule has 222 valence electrons. The number of nitrogens with zero attached hydrogens (tertiary/aromatic N) is 4. The molecule has 2 amide bonds. The molecule has 0 radical (unpaired) electrons. The van der Waals surface area contributed by atoms with Crippen LogP contribution in [0.4, 0.5) is 4.39 Å². The molecule has 2 aromatic carbocycles. The molecule has 0 atom stereocenters. The molecule has 1 aliphatic rings. The zero-order valence-electron chi connectivity index (χ0n) is 24.4. The monoisotopic (exact) mass is 576 g/mol. The number of allylic oxidation sites excluding steroid dienone is 1. The van der Waals surface area contributed by atoms with Crippen molar-refractivity contribution in [3.05, 3.63) is 87.1 Å². The van der Waals surface area contributed by atoms with Crippen molar-refractivity contribution in [2.24, 2.45) is 0 Å². The van der Waals surface area contributed by atoms with E-state index in [2.05, 4.69) is 5.10 Å². The van der Waals surface area contributed by atoms with Crippen molar-refractivity contribution in [1.82, 2.24) is 19.6 Å². The fourth-order valence-electron chi connectivity index (χ4n) is 4.93. The summed E-state index contributed by atoms with van der Waals surface area (Å²) in [6, 6.07) is 11.4. The van der Waals surface area contributed by atoms with Gasteiger partial charge in [-0.05, 0) is 44.0 Å². The van der Waals surface area contributed by atoms with Gasteiger partial charge in [-0.15, -0.1) is 0 Å². The van der Waals surface area contributed by atoms with Crippen molar-refractivity contribution in [3.8, 4) is 0 Å². The number of aromatic nitrogens is 2. The van der Waals surface area contributed by atoms with Gasteiger partial charge in [0, 0.05) is 50.5 Å². The Morgan fingerprint density at radius 3 is 2.36 bits per heavy atom. The van der Waals surface area contributed by atoms with Crippen molar-refractivity contribution in [1.29, 1.82) is 0 Å². The third-order valence-electron chi connectivity index (χ3n) is 7.20. The molecule has 4 rings (SSSR count). The van der Waals surface area contributed by atoms with E-state index >= 15 is 0 Å². The lowest BCUT2D eigenvalue weighted by molar-refractivity contribution is -0.148. The van der Waals surface area contributed by atoms with Crippen molar-refractivity contribution in [3.63, 3.8) is 0 Å². The van der Waals surface area contributed by atoms with E-state index in [9.17, 15) is 23.6 Å². The Kier molecular flexibility index (Phi) is 10.2. The molecule has 42 heavy (non-hydrogen) atoms. The highest BCUT2D eigenvalue weighted by molar-refractivity contribution is 5.95. The highest BCUT2D eigenvalue weighted by Crippen LogP contribution is 2.21. The summed E-state index contributed by atoms with van der Waals surface area (Å²) in [5, 5.41) is 5.54. The number of ether oxygens (including phenoxy) is 1. The van der Waals surface area contributed by atoms with Gasteiger partial charge in [-0.2, -0.15) is 9.78 Å². The molecule has 0 aliphatic carbocycles. The number of hydrogen-bond donors (Lipinski definition) is 0. The van der Waals surface area contributed by atoms with E-state index in [-0.39, 0.29) is 36.6 Å². The number of fused-ring (bicyclic) bond motifs is 1. The summed E-state index contributed by atoms with van der Waals surface area (Å²) in [5.41, 5.74) is 1.63. The summed E-state index contributed by atoms with van der Waals surface area (Å²) in [6.45, 7) is 6.79. The number of halogens is 1. The number of amides is 2. The minimum absolute atomic E-state index is 0.0600. The highest BCUT2D eigenvalue weighted by Gasteiger charge is 2.26. The minimum atomic E-state index is -0.635. The molecule has 3 aromatic rings. The molecule has 2 heterocycles. The number of piperazine rings is 1. The quantitative estimate of drug-likeness (QED) is 0.201. The van der Waals surface area contributed by atoms with E-state index in [0.29, 0.717) is 48.2 Å². The van der Waals surface area contributed by atoms with Crippen molar-refractivity contribution in [2.75, 3.05) is 26.2 Å². The molecular formula is C32H37FN4O5. The van der Waals surface area contributed by atoms with Crippen LogP contribution in [0.15, 0.2) is 58.9 Å². The second kappa shape index (κ2) is 14.0. The summed E-state index contributed by atoms with van der Waals surface area (Å²) in [6.07, 6.45) is 4.68. The second-order valence-corrected chi connectivity index (χ2v) is 10.7. The van der Waals surface area contributed by atoms with Crippen LogP contribution in [0.3, 0.4) is 0 Å². The van der Waals surface area contributed by atoms with Crippen LogP contribution in [0.1, 0.15) is 68.1 Å². The summed E-state index contributed by atoms with van der Waals surface area (Å²) in [7, 11) is 0. The van der Waals surface area contributed by atoms with E-state index in [1.54, 1.807) is 46.2 Å². The molecule has 0 bridgehead atoms. The zero-order valence-corrected chi connectivity index (χ0v) is 24.4. The van der Waals surface area contributed by atoms with E-state index in [1.165, 1.54) is 12.1 Å². The van der Waals surface area contributed by atoms with Crippen LogP contribution in [0, 0.1) is 5.82 Å². The van der Waals surface area contributed by atoms with Crippen LogP contribution in [-0.4, -0.2) is 63.5 Å². The Labute approximate surface area is 244 Å². The Balaban J connectivity index is 1.53. The molecule has 9 nitrogen and oxygen atoms in total. The molecule has 0 N–H and O–H groups in total. The summed E-state index contributed by atoms with van der Waals surface area (Å²) >= 11 is 0. The second-order valence-electron chi connectivity index (χ2n) is 10.7. The average Bonchev–Trinajstić information content (AvgIpc) is 2.98. The fraction of sp³-hybridized carbons (Fsp3) is 0.406. The smallest absolute Gasteiger partial charge is 0.307 e. The third-order valence-corrected chi connectivity index (χ3v) is 7.20. The normalized spacial score (nSPS) is 13.2. The van der Waals surface area contributed by atoms with E-state index in [0.717, 1.165) is 29.5 Å². The number of rotatable bonds is 10. The van der Waals surface area contributed by atoms with Crippen LogP contribution in [0.5, 0.6) is 0 Å². The first-order valence-electron chi connectivity index (χ1n) is 14.3. The van der Waals surface area contributed by atoms with Crippen LogP contribution in [-0.2, 0) is 27.5 Å². The van der Waals surface area contributed by atoms with Crippen molar-refractivity contribution >= 4 is 28.6 Å². The van der Waals surface area contributed by atoms with E-state index < -0.39 is 17.7 Å². The van der Waals surface area contributed by atoms with Gasteiger partial charge in [0.05, 0.1) is 16.6 Å². The lowest BCUT2D eigenvalue weighted by Crippen LogP contribution is -2.50. The predicted octanol–water partition coefficient (Wildman–Crippen LogP) is 4.46. The Hall–Kier alpha value is -4.34. The van der Waals surface area contributed by atoms with Crippen LogP contribution in [0.2, 0.25) is 0 Å². The maximum atomic E-state index is 14.9. The van der Waals surface area contributed by atoms with Gasteiger partial charge in [0.15, 0.2) is 6.73 Å². The first-order valence-corrected chi connectivity index (χ1v) is 14.3. The van der Waals surface area contributed by atoms with Gasteiger partial charge in [-0.1, -0.05) is 49.6 Å². The molecule has 10 heteroatoms. The van der Waals surface area contributed by atoms with Gasteiger partial charge in [-0.3, -0.25) is 19.2 Å². The highest BCUT2D eigenvalue weighted by atomic mass is 19.1. The van der Waals surface area contributed by atoms with Crippen LogP contribution < -0.4 is 5.56 Å². The molecule has 1 saturated heterocycles. The lowest BCUT2D eigenvalue weighted by Gasteiger charge is -2.34. The van der Waals surface area contributed by atoms with Gasteiger partial charge in [0.2, 0.25) is 5.91 Å². The Morgan fingerprint density at radius 1 is 0.976 bits per heavy atom. The summed E-state index contributed by atoms with van der Waals surface area (Å²) in [4.78, 5) is 54.1. The number of unbranched alkanes of at least 4 members (excludes halogenated alkanes) is 2. The Bertz CT molecular complexity index is 1550. The molecule has 0 unspecified atom stereocenters. The largest absolute Gasteiger partial charge is 0.442 e. The maximum Gasteiger partial charge on any atom is 0.307 e. The molecule has 0 saturated carbocycles. The first kappa shape index (κ1) is 30.6. The van der Waals surface area contributed by atoms with Crippen LogP contribution in [0.25, 0.3) is 10.8 Å². The van der Waals surface area contributed by atoms with Crippen molar-refractivity contribution in [2.45, 2.75) is 59.6 Å². The standard InChI is InChI=1S/C32H37FN4O5/c1-4-5-6-11-30(39)42-21-37-32(41)25-10-8-7-9-24(25)28(34-37)20-23-12-13-27(33)26(19-23)31(40)36-16-14-35(15-17-36)29(38)18-22(2)3/h7-10,12-13,18-19H,4-6,11,14-17,20-21H2,1-3H3. The predicted molar refractivity (Wildman–Crippen MR) is 157 cm³/mol. The number of hydrogen-bond acceptors (Lipinski definition) is 6. The third kappa shape index (κ3) is 7.48. The average molecular weight is 577 g/mol. The lowest BCUT2D eigenvalue weighted by atomic mass is 10.0. The molecule has 1 aromatic heterocycles. The van der Waals surface area contributed by atoms with Gasteiger partial charge >= 0.3 is 5.97 Å². The van der Waals surface area contributed by atoms with Gasteiger partial charge in [-0.25, -0.2) is 4.39 Å². The molecular weight excluding hydrogens is 539 g/mol. The van der Waals surface area contributed by atoms with Gasteiger partial charge < -0.3 is 14.5 Å². The van der Waals surface area contributed by atoms with Gasteiger partial charge in [0.1, 0.15) is 5.82 Å². The molecule has 0 spiro atoms. The van der Waals surface area contributed by atoms with E-state index in [4.69, 9.17) is 4.74 Å². The number of carbonyl (C=O) groups is 3. The SMILES string of the molecule is CCCCCC(=O)OCn1nc(Cc2ccc(F)c(C(=O)N3CCN(C(=O)C=C(C)C)CC3)c2)c2ccccc2c1=O. The van der Waals surface area contributed by atoms with Crippen LogP contribution >= 0.6 is 0 Å². The van der Waals surface area contributed by atoms with Crippen molar-refractivity contribution < 1.29 is 23.5 Å². The topological polar surface area (TPSA) is 102 Å². The minimum Gasteiger partial charge on any atom is -0.442 e. The van der Waals surface area contributed by atoms with E-state index in [1.807, 2.05) is 20.8 Å². The molecule has 1 aliphatic heterocycles. The summed E-state index contributed by atoms with van der Waals surface area (Å²) < 4.78 is 21.3. The Morgan fingerprint density at radius 2 is 1.67 bits per heavy atom. The first-order chi connectivity index (χ1) is 20.2.